The Morgan fingerprint density at radius 1 is 1.15 bits per heavy atom. The van der Waals surface area contributed by atoms with Crippen molar-refractivity contribution in [1.82, 2.24) is 9.55 Å². The van der Waals surface area contributed by atoms with Crippen molar-refractivity contribution in [2.24, 2.45) is 0 Å². The number of Topliss-reactive ketones (excluding diaryl/α,β-unsaturated/α-hetero) is 1. The molecule has 0 spiro atoms. The number of nitrogens with zero attached hydrogens (tertiary/aromatic N) is 2. The van der Waals surface area contributed by atoms with Crippen molar-refractivity contribution < 1.29 is 13.2 Å². The van der Waals surface area contributed by atoms with Crippen LogP contribution in [-0.4, -0.2) is 35.8 Å². The lowest BCUT2D eigenvalue weighted by atomic mass is 10.1. The molecule has 0 saturated carbocycles. The summed E-state index contributed by atoms with van der Waals surface area (Å²) >= 11 is 7.25. The Hall–Kier alpha value is -2.29. The minimum absolute atomic E-state index is 0.0726. The van der Waals surface area contributed by atoms with E-state index in [0.29, 0.717) is 21.4 Å². The summed E-state index contributed by atoms with van der Waals surface area (Å²) in [5.74, 6) is 0.139. The van der Waals surface area contributed by atoms with Gasteiger partial charge < -0.3 is 0 Å². The Morgan fingerprint density at radius 2 is 1.81 bits per heavy atom. The Bertz CT molecular complexity index is 1050. The summed E-state index contributed by atoms with van der Waals surface area (Å²) in [4.78, 5) is 16.7. The number of imidazole rings is 1. The zero-order valence-corrected chi connectivity index (χ0v) is 16.7. The highest BCUT2D eigenvalue weighted by atomic mass is 35.5. The van der Waals surface area contributed by atoms with Crippen molar-refractivity contribution >= 4 is 44.9 Å². The molecule has 0 atom stereocenters. The maximum atomic E-state index is 12.4. The molecule has 140 valence electrons. The molecule has 0 aliphatic carbocycles. The third kappa shape index (κ3) is 5.35. The van der Waals surface area contributed by atoms with Gasteiger partial charge in [0.15, 0.2) is 10.9 Å². The summed E-state index contributed by atoms with van der Waals surface area (Å²) in [5.41, 5.74) is 1.83. The van der Waals surface area contributed by atoms with Gasteiger partial charge in [0.2, 0.25) is 10.0 Å². The first-order valence-corrected chi connectivity index (χ1v) is 11.1. The predicted molar refractivity (Wildman–Crippen MR) is 109 cm³/mol. The van der Waals surface area contributed by atoms with Crippen LogP contribution in [0, 0.1) is 0 Å². The third-order valence-electron chi connectivity index (χ3n) is 3.55. The van der Waals surface area contributed by atoms with Crippen LogP contribution in [0.5, 0.6) is 0 Å². The summed E-state index contributed by atoms with van der Waals surface area (Å²) in [7, 11) is -3.34. The molecule has 1 N–H and O–H groups in total. The molecule has 3 rings (SSSR count). The van der Waals surface area contributed by atoms with Crippen molar-refractivity contribution in [3.8, 4) is 5.69 Å². The number of halogens is 1. The minimum atomic E-state index is -3.34. The summed E-state index contributed by atoms with van der Waals surface area (Å²) in [6.07, 6.45) is 4.57. The van der Waals surface area contributed by atoms with Crippen molar-refractivity contribution in [3.05, 3.63) is 71.5 Å². The van der Waals surface area contributed by atoms with Crippen LogP contribution >= 0.6 is 23.4 Å². The molecule has 0 aliphatic heterocycles. The van der Waals surface area contributed by atoms with E-state index in [0.717, 1.165) is 11.9 Å². The van der Waals surface area contributed by atoms with Gasteiger partial charge >= 0.3 is 0 Å². The lowest BCUT2D eigenvalue weighted by molar-refractivity contribution is 0.102. The number of carbonyl (C=O) groups is 1. The molecule has 0 radical (unpaired) electrons. The Labute approximate surface area is 166 Å². The number of benzene rings is 2. The molecule has 0 saturated heterocycles. The molecule has 0 fully saturated rings. The normalized spacial score (nSPS) is 11.3. The van der Waals surface area contributed by atoms with E-state index in [-0.39, 0.29) is 11.5 Å². The van der Waals surface area contributed by atoms with Gasteiger partial charge in [0.1, 0.15) is 0 Å². The van der Waals surface area contributed by atoms with Crippen LogP contribution in [0.2, 0.25) is 5.02 Å². The maximum Gasteiger partial charge on any atom is 0.229 e. The largest absolute Gasteiger partial charge is 0.295 e. The average molecular weight is 422 g/mol. The smallest absolute Gasteiger partial charge is 0.229 e. The van der Waals surface area contributed by atoms with Crippen LogP contribution in [0.15, 0.2) is 66.1 Å². The van der Waals surface area contributed by atoms with Gasteiger partial charge in [-0.2, -0.15) is 0 Å². The number of rotatable bonds is 7. The van der Waals surface area contributed by atoms with E-state index in [2.05, 4.69) is 9.71 Å². The van der Waals surface area contributed by atoms with Gasteiger partial charge in [0.25, 0.3) is 0 Å². The minimum Gasteiger partial charge on any atom is -0.295 e. The summed E-state index contributed by atoms with van der Waals surface area (Å²) in [5, 5.41) is 1.35. The Kier molecular flexibility index (Phi) is 5.88. The van der Waals surface area contributed by atoms with Crippen molar-refractivity contribution in [3.63, 3.8) is 0 Å². The number of ketones is 1. The highest BCUT2D eigenvalue weighted by Gasteiger charge is 2.11. The number of carbonyl (C=O) groups excluding carboxylic acids is 1. The summed E-state index contributed by atoms with van der Waals surface area (Å²) in [6.45, 7) is 0. The molecule has 1 heterocycles. The molecule has 0 bridgehead atoms. The number of anilines is 1. The second-order valence-corrected chi connectivity index (χ2v) is 8.85. The van der Waals surface area contributed by atoms with Crippen LogP contribution in [0.3, 0.4) is 0 Å². The van der Waals surface area contributed by atoms with Gasteiger partial charge in [0.05, 0.1) is 12.0 Å². The van der Waals surface area contributed by atoms with Crippen LogP contribution in [0.4, 0.5) is 5.69 Å². The Balaban J connectivity index is 1.66. The van der Waals surface area contributed by atoms with Crippen LogP contribution < -0.4 is 4.72 Å². The number of hydrogen-bond donors (Lipinski definition) is 1. The average Bonchev–Trinajstić information content (AvgIpc) is 3.08. The molecule has 0 amide bonds. The number of nitrogens with one attached hydrogen (secondary N) is 1. The monoisotopic (exact) mass is 421 g/mol. The van der Waals surface area contributed by atoms with E-state index < -0.39 is 10.0 Å². The van der Waals surface area contributed by atoms with Crippen LogP contribution in [0.1, 0.15) is 10.4 Å². The highest BCUT2D eigenvalue weighted by molar-refractivity contribution is 7.99. The predicted octanol–water partition coefficient (Wildman–Crippen LogP) is 3.87. The van der Waals surface area contributed by atoms with E-state index in [4.69, 9.17) is 11.6 Å². The van der Waals surface area contributed by atoms with Gasteiger partial charge in [-0.3, -0.25) is 14.1 Å². The zero-order chi connectivity index (χ0) is 19.4. The molecule has 6 nitrogen and oxygen atoms in total. The number of aromatic nitrogens is 2. The first-order chi connectivity index (χ1) is 12.8. The van der Waals surface area contributed by atoms with E-state index in [1.165, 1.54) is 11.8 Å². The van der Waals surface area contributed by atoms with E-state index >= 15 is 0 Å². The first kappa shape index (κ1) is 19.5. The molecular formula is C18H16ClN3O3S2. The van der Waals surface area contributed by atoms with E-state index in [1.54, 1.807) is 42.6 Å². The van der Waals surface area contributed by atoms with Gasteiger partial charge in [-0.15, -0.1) is 0 Å². The SMILES string of the molecule is CS(=O)(=O)Nc1ccc(C(=O)CSc2nccn2-c2ccc(Cl)cc2)cc1. The topological polar surface area (TPSA) is 81.1 Å². The fourth-order valence-corrected chi connectivity index (χ4v) is 3.90. The van der Waals surface area contributed by atoms with Gasteiger partial charge in [-0.05, 0) is 48.5 Å². The summed E-state index contributed by atoms with van der Waals surface area (Å²) < 4.78 is 26.7. The second-order valence-electron chi connectivity index (χ2n) is 5.72. The summed E-state index contributed by atoms with van der Waals surface area (Å²) in [6, 6.07) is 13.7. The van der Waals surface area contributed by atoms with E-state index in [1.807, 2.05) is 22.9 Å². The molecule has 0 unspecified atom stereocenters. The first-order valence-electron chi connectivity index (χ1n) is 7.85. The molecule has 1 aromatic heterocycles. The lowest BCUT2D eigenvalue weighted by Gasteiger charge is -2.08. The molecule has 2 aromatic carbocycles. The van der Waals surface area contributed by atoms with Crippen molar-refractivity contribution in [1.29, 1.82) is 0 Å². The maximum absolute atomic E-state index is 12.4. The fraction of sp³-hybridized carbons (Fsp3) is 0.111. The van der Waals surface area contributed by atoms with Gasteiger partial charge in [-0.25, -0.2) is 13.4 Å². The lowest BCUT2D eigenvalue weighted by Crippen LogP contribution is -2.10. The van der Waals surface area contributed by atoms with Crippen molar-refractivity contribution in [2.75, 3.05) is 16.7 Å². The van der Waals surface area contributed by atoms with Gasteiger partial charge in [0, 0.05) is 34.4 Å². The second kappa shape index (κ2) is 8.16. The number of sulfonamides is 1. The fourth-order valence-electron chi connectivity index (χ4n) is 2.35. The van der Waals surface area contributed by atoms with Crippen LogP contribution in [-0.2, 0) is 10.0 Å². The standard InChI is InChI=1S/C18H16ClN3O3S2/c1-27(24,25)21-15-6-2-13(3-7-15)17(23)12-26-18-20-10-11-22(18)16-8-4-14(19)5-9-16/h2-11,21H,12H2,1H3. The van der Waals surface area contributed by atoms with Crippen LogP contribution in [0.25, 0.3) is 5.69 Å². The van der Waals surface area contributed by atoms with E-state index in [9.17, 15) is 13.2 Å². The molecule has 3 aromatic rings. The zero-order valence-electron chi connectivity index (χ0n) is 14.3. The molecule has 0 aliphatic rings. The molecule has 9 heteroatoms. The van der Waals surface area contributed by atoms with Gasteiger partial charge in [-0.1, -0.05) is 23.4 Å². The molecule has 27 heavy (non-hydrogen) atoms. The highest BCUT2D eigenvalue weighted by Crippen LogP contribution is 2.23. The Morgan fingerprint density at radius 3 is 2.44 bits per heavy atom. The quantitative estimate of drug-likeness (QED) is 0.462. The number of thioether (sulfide) groups is 1. The third-order valence-corrected chi connectivity index (χ3v) is 5.38. The number of hydrogen-bond acceptors (Lipinski definition) is 5. The van der Waals surface area contributed by atoms with Crippen molar-refractivity contribution in [2.45, 2.75) is 5.16 Å². The molecular weight excluding hydrogens is 406 g/mol.